The number of imidazole rings is 1. The molecule has 0 spiro atoms. The number of ether oxygens (including phenoxy) is 1. The summed E-state index contributed by atoms with van der Waals surface area (Å²) in [6.07, 6.45) is 10.1. The number of benzene rings is 3. The van der Waals surface area contributed by atoms with Crippen molar-refractivity contribution in [1.82, 2.24) is 9.55 Å². The predicted molar refractivity (Wildman–Crippen MR) is 160 cm³/mol. The molecule has 4 aromatic rings. The lowest BCUT2D eigenvalue weighted by atomic mass is 9.76. The number of hydrogen-bond acceptors (Lipinski definition) is 3. The fourth-order valence-corrected chi connectivity index (χ4v) is 5.10. The van der Waals surface area contributed by atoms with Crippen LogP contribution in [0.2, 0.25) is 5.02 Å². The van der Waals surface area contributed by atoms with Gasteiger partial charge in [-0.1, -0.05) is 110 Å². The maximum atomic E-state index is 13.7. The summed E-state index contributed by atoms with van der Waals surface area (Å²) in [5, 5.41) is 0.733. The van der Waals surface area contributed by atoms with E-state index >= 15 is 0 Å². The lowest BCUT2D eigenvalue weighted by molar-refractivity contribution is -0.152. The Morgan fingerprint density at radius 3 is 2.13 bits per heavy atom. The second kappa shape index (κ2) is 14.0. The highest BCUT2D eigenvalue weighted by atomic mass is 35.5. The topological polar surface area (TPSA) is 44.1 Å². The third-order valence-corrected chi connectivity index (χ3v) is 7.36. The largest absolute Gasteiger partial charge is 0.465 e. The van der Waals surface area contributed by atoms with Crippen LogP contribution in [0.25, 0.3) is 6.08 Å². The lowest BCUT2D eigenvalue weighted by Crippen LogP contribution is -2.36. The first-order chi connectivity index (χ1) is 19.0. The SMILES string of the molecule is CCCCc1ncc(/C=C/C(Cc2ccccc2)(Cc2ccccc2)C(=O)OCC)n1Cc1ccccc1Cl. The molecule has 5 heteroatoms. The minimum atomic E-state index is -0.887. The van der Waals surface area contributed by atoms with Crippen molar-refractivity contribution in [3.8, 4) is 0 Å². The Morgan fingerprint density at radius 1 is 0.923 bits per heavy atom. The van der Waals surface area contributed by atoms with Crippen molar-refractivity contribution < 1.29 is 9.53 Å². The molecule has 0 unspecified atom stereocenters. The van der Waals surface area contributed by atoms with Crippen molar-refractivity contribution in [2.75, 3.05) is 6.61 Å². The molecular formula is C34H37ClN2O2. The Labute approximate surface area is 237 Å². The van der Waals surface area contributed by atoms with E-state index in [0.717, 1.165) is 52.5 Å². The highest BCUT2D eigenvalue weighted by molar-refractivity contribution is 6.31. The summed E-state index contributed by atoms with van der Waals surface area (Å²) in [6.45, 7) is 4.98. The molecule has 0 atom stereocenters. The zero-order valence-electron chi connectivity index (χ0n) is 22.9. The second-order valence-electron chi connectivity index (χ2n) is 9.92. The van der Waals surface area contributed by atoms with Crippen LogP contribution < -0.4 is 0 Å². The van der Waals surface area contributed by atoms with Crippen molar-refractivity contribution in [3.05, 3.63) is 130 Å². The minimum Gasteiger partial charge on any atom is -0.465 e. The van der Waals surface area contributed by atoms with Gasteiger partial charge in [-0.3, -0.25) is 4.79 Å². The van der Waals surface area contributed by atoms with Gasteiger partial charge in [-0.2, -0.15) is 0 Å². The first kappa shape index (κ1) is 28.4. The maximum Gasteiger partial charge on any atom is 0.316 e. The second-order valence-corrected chi connectivity index (χ2v) is 10.3. The van der Waals surface area contributed by atoms with E-state index in [9.17, 15) is 4.79 Å². The van der Waals surface area contributed by atoms with Crippen LogP contribution in [0.1, 0.15) is 54.9 Å². The minimum absolute atomic E-state index is 0.225. The average molecular weight is 541 g/mol. The van der Waals surface area contributed by atoms with Crippen molar-refractivity contribution in [1.29, 1.82) is 0 Å². The third kappa shape index (κ3) is 7.48. The fourth-order valence-electron chi connectivity index (χ4n) is 4.91. The molecule has 0 saturated carbocycles. The molecule has 4 rings (SSSR count). The Morgan fingerprint density at radius 2 is 1.54 bits per heavy atom. The van der Waals surface area contributed by atoms with Gasteiger partial charge in [0.1, 0.15) is 5.82 Å². The highest BCUT2D eigenvalue weighted by Gasteiger charge is 2.38. The standard InChI is InChI=1S/C34H37ClN2O2/c1-3-5-20-32-36-25-30(37(32)26-29-18-12-13-19-31(29)35)21-22-34(33(38)39-4-2,23-27-14-8-6-9-15-27)24-28-16-10-7-11-17-28/h6-19,21-22,25H,3-5,20,23-24,26H2,1-2H3/b22-21+. The number of esters is 1. The van der Waals surface area contributed by atoms with Gasteiger partial charge in [0.15, 0.2) is 0 Å². The van der Waals surface area contributed by atoms with Crippen molar-refractivity contribution >= 4 is 23.6 Å². The van der Waals surface area contributed by atoms with Gasteiger partial charge >= 0.3 is 5.97 Å². The Kier molecular flexibility index (Phi) is 10.2. The number of aromatic nitrogens is 2. The Hall–Kier alpha value is -3.63. The summed E-state index contributed by atoms with van der Waals surface area (Å²) < 4.78 is 7.93. The maximum absolute atomic E-state index is 13.7. The van der Waals surface area contributed by atoms with Gasteiger partial charge in [0.2, 0.25) is 0 Å². The predicted octanol–water partition coefficient (Wildman–Crippen LogP) is 7.98. The first-order valence-corrected chi connectivity index (χ1v) is 14.1. The zero-order chi connectivity index (χ0) is 27.5. The summed E-state index contributed by atoms with van der Waals surface area (Å²) in [4.78, 5) is 18.5. The Balaban J connectivity index is 1.78. The smallest absolute Gasteiger partial charge is 0.316 e. The van der Waals surface area contributed by atoms with Gasteiger partial charge in [-0.15, -0.1) is 0 Å². The fraction of sp³-hybridized carbons (Fsp3) is 0.294. The molecule has 0 aliphatic heterocycles. The van der Waals surface area contributed by atoms with E-state index in [1.54, 1.807) is 0 Å². The van der Waals surface area contributed by atoms with Crippen LogP contribution in [-0.4, -0.2) is 22.1 Å². The molecule has 1 aromatic heterocycles. The summed E-state index contributed by atoms with van der Waals surface area (Å²) in [7, 11) is 0. The Bertz CT molecular complexity index is 1320. The number of hydrogen-bond donors (Lipinski definition) is 0. The molecule has 0 fully saturated rings. The van der Waals surface area contributed by atoms with Gasteiger partial charge < -0.3 is 9.30 Å². The average Bonchev–Trinajstić information content (AvgIpc) is 3.34. The molecule has 0 bridgehead atoms. The van der Waals surface area contributed by atoms with Crippen LogP contribution >= 0.6 is 11.6 Å². The van der Waals surface area contributed by atoms with Gasteiger partial charge in [0.25, 0.3) is 0 Å². The number of carbonyl (C=O) groups is 1. The quantitative estimate of drug-likeness (QED) is 0.161. The number of carbonyl (C=O) groups excluding carboxylic acids is 1. The van der Waals surface area contributed by atoms with E-state index in [2.05, 4.69) is 35.8 Å². The van der Waals surface area contributed by atoms with Crippen molar-refractivity contribution in [3.63, 3.8) is 0 Å². The lowest BCUT2D eigenvalue weighted by Gasteiger charge is -2.29. The van der Waals surface area contributed by atoms with E-state index in [-0.39, 0.29) is 5.97 Å². The highest BCUT2D eigenvalue weighted by Crippen LogP contribution is 2.33. The molecule has 0 aliphatic rings. The zero-order valence-corrected chi connectivity index (χ0v) is 23.6. The molecule has 39 heavy (non-hydrogen) atoms. The number of aryl methyl sites for hydroxylation is 1. The molecule has 4 nitrogen and oxygen atoms in total. The monoisotopic (exact) mass is 540 g/mol. The van der Waals surface area contributed by atoms with Gasteiger partial charge in [-0.05, 0) is 55.0 Å². The van der Waals surface area contributed by atoms with Crippen LogP contribution in [0.3, 0.4) is 0 Å². The molecule has 3 aromatic carbocycles. The van der Waals surface area contributed by atoms with Crippen LogP contribution in [0.4, 0.5) is 0 Å². The normalized spacial score (nSPS) is 11.7. The van der Waals surface area contributed by atoms with E-state index in [1.165, 1.54) is 0 Å². The van der Waals surface area contributed by atoms with E-state index in [0.29, 0.717) is 26.0 Å². The molecule has 0 amide bonds. The molecule has 0 radical (unpaired) electrons. The number of rotatable bonds is 13. The third-order valence-electron chi connectivity index (χ3n) is 6.99. The first-order valence-electron chi connectivity index (χ1n) is 13.8. The summed E-state index contributed by atoms with van der Waals surface area (Å²) in [5.41, 5.74) is 3.26. The van der Waals surface area contributed by atoms with Gasteiger partial charge in [0, 0.05) is 11.4 Å². The summed E-state index contributed by atoms with van der Waals surface area (Å²) >= 11 is 6.54. The van der Waals surface area contributed by atoms with E-state index < -0.39 is 5.41 Å². The molecule has 202 valence electrons. The van der Waals surface area contributed by atoms with Gasteiger partial charge in [-0.25, -0.2) is 4.98 Å². The molecule has 0 saturated heterocycles. The summed E-state index contributed by atoms with van der Waals surface area (Å²) in [6, 6.07) is 28.2. The van der Waals surface area contributed by atoms with Crippen LogP contribution in [0, 0.1) is 5.41 Å². The van der Waals surface area contributed by atoms with Gasteiger partial charge in [0.05, 0.1) is 30.5 Å². The molecule has 0 N–H and O–H groups in total. The van der Waals surface area contributed by atoms with Crippen molar-refractivity contribution in [2.45, 2.75) is 52.5 Å². The number of nitrogens with zero attached hydrogens (tertiary/aromatic N) is 2. The summed E-state index contributed by atoms with van der Waals surface area (Å²) in [5.74, 6) is 0.793. The van der Waals surface area contributed by atoms with E-state index in [4.69, 9.17) is 21.3 Å². The van der Waals surface area contributed by atoms with Crippen LogP contribution in [-0.2, 0) is 35.3 Å². The van der Waals surface area contributed by atoms with Crippen LogP contribution in [0.15, 0.2) is 97.2 Å². The molecule has 1 heterocycles. The number of halogens is 1. The molecule has 0 aliphatic carbocycles. The van der Waals surface area contributed by atoms with Crippen molar-refractivity contribution in [2.24, 2.45) is 5.41 Å². The number of unbranched alkanes of at least 4 members (excludes halogenated alkanes) is 1. The molecular weight excluding hydrogens is 504 g/mol. The van der Waals surface area contributed by atoms with Crippen LogP contribution in [0.5, 0.6) is 0 Å². The van der Waals surface area contributed by atoms with E-state index in [1.807, 2.05) is 85.9 Å².